The molecule has 1 heterocycles. The molecule has 2 rings (SSSR count). The second-order valence-electron chi connectivity index (χ2n) is 4.02. The molecule has 0 saturated carbocycles. The van der Waals surface area contributed by atoms with Gasteiger partial charge in [-0.1, -0.05) is 12.1 Å². The van der Waals surface area contributed by atoms with E-state index in [1.165, 1.54) is 0 Å². The van der Waals surface area contributed by atoms with Gasteiger partial charge in [0.05, 0.1) is 11.8 Å². The van der Waals surface area contributed by atoms with Gasteiger partial charge in [-0.3, -0.25) is 0 Å². The molecule has 0 radical (unpaired) electrons. The van der Waals surface area contributed by atoms with E-state index in [9.17, 15) is 0 Å². The Morgan fingerprint density at radius 3 is 2.67 bits per heavy atom. The monoisotopic (exact) mass is 242 g/mol. The van der Waals surface area contributed by atoms with Gasteiger partial charge in [-0.05, 0) is 31.2 Å². The molecule has 0 fully saturated rings. The van der Waals surface area contributed by atoms with Gasteiger partial charge in [0.15, 0.2) is 6.10 Å². The van der Waals surface area contributed by atoms with Crippen molar-refractivity contribution in [3.05, 3.63) is 54.0 Å². The third-order valence-electron chi connectivity index (χ3n) is 2.56. The summed E-state index contributed by atoms with van der Waals surface area (Å²) >= 11 is 0. The number of nitrogens with two attached hydrogens (primary N) is 1. The van der Waals surface area contributed by atoms with Crippen LogP contribution in [0.15, 0.2) is 47.1 Å². The Kier molecular flexibility index (Phi) is 3.66. The van der Waals surface area contributed by atoms with Crippen molar-refractivity contribution in [1.82, 2.24) is 0 Å². The molecular formula is C14H14N2O2. The minimum Gasteiger partial charge on any atom is -0.479 e. The fourth-order valence-electron chi connectivity index (χ4n) is 1.68. The highest BCUT2D eigenvalue weighted by atomic mass is 16.5. The van der Waals surface area contributed by atoms with Crippen molar-refractivity contribution in [2.24, 2.45) is 5.73 Å². The zero-order valence-electron chi connectivity index (χ0n) is 10.0. The molecule has 92 valence electrons. The number of rotatable bonds is 4. The molecule has 2 atom stereocenters. The van der Waals surface area contributed by atoms with Crippen LogP contribution in [-0.2, 0) is 0 Å². The Morgan fingerprint density at radius 1 is 1.28 bits per heavy atom. The van der Waals surface area contributed by atoms with Crippen molar-refractivity contribution in [1.29, 1.82) is 5.26 Å². The summed E-state index contributed by atoms with van der Waals surface area (Å²) in [6.07, 6.45) is 1.17. The first-order valence-corrected chi connectivity index (χ1v) is 5.67. The average molecular weight is 242 g/mol. The number of nitriles is 1. The van der Waals surface area contributed by atoms with Crippen molar-refractivity contribution in [3.63, 3.8) is 0 Å². The van der Waals surface area contributed by atoms with E-state index in [1.807, 2.05) is 19.1 Å². The van der Waals surface area contributed by atoms with E-state index < -0.39 is 6.10 Å². The lowest BCUT2D eigenvalue weighted by Crippen LogP contribution is -2.28. The lowest BCUT2D eigenvalue weighted by Gasteiger charge is -2.21. The van der Waals surface area contributed by atoms with Crippen LogP contribution in [0.4, 0.5) is 0 Å². The van der Waals surface area contributed by atoms with Gasteiger partial charge < -0.3 is 14.9 Å². The first-order chi connectivity index (χ1) is 8.72. The maximum atomic E-state index is 9.02. The molecule has 2 unspecified atom stereocenters. The minimum absolute atomic E-state index is 0.247. The zero-order valence-corrected chi connectivity index (χ0v) is 10.0. The Hall–Kier alpha value is -2.25. The largest absolute Gasteiger partial charge is 0.479 e. The predicted octanol–water partition coefficient (Wildman–Crippen LogP) is 2.62. The van der Waals surface area contributed by atoms with Gasteiger partial charge in [0.25, 0.3) is 0 Å². The number of furan rings is 1. The molecule has 2 N–H and O–H groups in total. The first kappa shape index (κ1) is 12.2. The number of hydrogen-bond donors (Lipinski definition) is 1. The van der Waals surface area contributed by atoms with Crippen molar-refractivity contribution in [2.45, 2.75) is 19.1 Å². The van der Waals surface area contributed by atoms with Crippen molar-refractivity contribution in [3.8, 4) is 11.8 Å². The standard InChI is InChI=1S/C14H14N2O2/c1-10(16)14(13-7-4-8-17-13)18-12-6-3-2-5-11(12)9-15/h2-8,10,14H,16H2,1H3. The van der Waals surface area contributed by atoms with Crippen molar-refractivity contribution < 1.29 is 9.15 Å². The maximum absolute atomic E-state index is 9.02. The third-order valence-corrected chi connectivity index (χ3v) is 2.56. The Morgan fingerprint density at radius 2 is 2.06 bits per heavy atom. The van der Waals surface area contributed by atoms with Crippen LogP contribution in [0.3, 0.4) is 0 Å². The van der Waals surface area contributed by atoms with Gasteiger partial charge in [-0.15, -0.1) is 0 Å². The molecule has 18 heavy (non-hydrogen) atoms. The number of ether oxygens (including phenoxy) is 1. The number of hydrogen-bond acceptors (Lipinski definition) is 4. The molecule has 4 heteroatoms. The minimum atomic E-state index is -0.408. The summed E-state index contributed by atoms with van der Waals surface area (Å²) in [7, 11) is 0. The van der Waals surface area contributed by atoms with Crippen LogP contribution in [0.25, 0.3) is 0 Å². The van der Waals surface area contributed by atoms with Gasteiger partial charge in [-0.25, -0.2) is 0 Å². The molecule has 0 aliphatic carbocycles. The summed E-state index contributed by atoms with van der Waals surface area (Å²) in [5.41, 5.74) is 6.38. The number of para-hydroxylation sites is 1. The maximum Gasteiger partial charge on any atom is 0.171 e. The van der Waals surface area contributed by atoms with E-state index in [1.54, 1.807) is 30.5 Å². The molecule has 4 nitrogen and oxygen atoms in total. The molecule has 0 aliphatic rings. The van der Waals surface area contributed by atoms with Crippen LogP contribution in [0.1, 0.15) is 24.4 Å². The van der Waals surface area contributed by atoms with Crippen molar-refractivity contribution in [2.75, 3.05) is 0 Å². The summed E-state index contributed by atoms with van der Waals surface area (Å²) in [6.45, 7) is 1.84. The fourth-order valence-corrected chi connectivity index (χ4v) is 1.68. The number of nitrogens with zero attached hydrogens (tertiary/aromatic N) is 1. The molecule has 1 aromatic heterocycles. The second-order valence-corrected chi connectivity index (χ2v) is 4.02. The van der Waals surface area contributed by atoms with E-state index in [2.05, 4.69) is 6.07 Å². The molecule has 0 saturated heterocycles. The molecule has 1 aromatic carbocycles. The van der Waals surface area contributed by atoms with Gasteiger partial charge >= 0.3 is 0 Å². The van der Waals surface area contributed by atoms with Crippen molar-refractivity contribution >= 4 is 0 Å². The molecule has 0 aliphatic heterocycles. The highest BCUT2D eigenvalue weighted by Gasteiger charge is 2.22. The summed E-state index contributed by atoms with van der Waals surface area (Å²) in [5.74, 6) is 1.16. The first-order valence-electron chi connectivity index (χ1n) is 5.67. The number of benzene rings is 1. The van der Waals surface area contributed by atoms with Crippen LogP contribution in [0, 0.1) is 11.3 Å². The Bertz CT molecular complexity index is 541. The highest BCUT2D eigenvalue weighted by Crippen LogP contribution is 2.26. The van der Waals surface area contributed by atoms with Gasteiger partial charge in [0, 0.05) is 6.04 Å². The third kappa shape index (κ3) is 2.53. The quantitative estimate of drug-likeness (QED) is 0.894. The van der Waals surface area contributed by atoms with E-state index in [0.717, 1.165) is 0 Å². The topological polar surface area (TPSA) is 72.2 Å². The average Bonchev–Trinajstić information content (AvgIpc) is 2.89. The van der Waals surface area contributed by atoms with E-state index in [-0.39, 0.29) is 6.04 Å². The van der Waals surface area contributed by atoms with E-state index in [4.69, 9.17) is 20.1 Å². The van der Waals surface area contributed by atoms with E-state index in [0.29, 0.717) is 17.1 Å². The molecular weight excluding hydrogens is 228 g/mol. The molecule has 0 spiro atoms. The SMILES string of the molecule is CC(N)C(Oc1ccccc1C#N)c1ccco1. The summed E-state index contributed by atoms with van der Waals surface area (Å²) in [4.78, 5) is 0. The second kappa shape index (κ2) is 5.39. The van der Waals surface area contributed by atoms with Crippen LogP contribution in [0.5, 0.6) is 5.75 Å². The van der Waals surface area contributed by atoms with Gasteiger partial charge in [-0.2, -0.15) is 5.26 Å². The summed E-state index contributed by atoms with van der Waals surface area (Å²) in [6, 6.07) is 12.5. The predicted molar refractivity (Wildman–Crippen MR) is 66.9 cm³/mol. The molecule has 2 aromatic rings. The Labute approximate surface area is 106 Å². The smallest absolute Gasteiger partial charge is 0.171 e. The zero-order chi connectivity index (χ0) is 13.0. The van der Waals surface area contributed by atoms with E-state index >= 15 is 0 Å². The normalized spacial score (nSPS) is 13.6. The molecule has 0 amide bonds. The Balaban J connectivity index is 2.28. The van der Waals surface area contributed by atoms with Crippen LogP contribution in [0.2, 0.25) is 0 Å². The summed E-state index contributed by atoms with van der Waals surface area (Å²) in [5, 5.41) is 9.02. The molecule has 0 bridgehead atoms. The fraction of sp³-hybridized carbons (Fsp3) is 0.214. The van der Waals surface area contributed by atoms with Crippen LogP contribution >= 0.6 is 0 Å². The highest BCUT2D eigenvalue weighted by molar-refractivity contribution is 5.42. The van der Waals surface area contributed by atoms with Gasteiger partial charge in [0.2, 0.25) is 0 Å². The summed E-state index contributed by atoms with van der Waals surface area (Å²) < 4.78 is 11.1. The lowest BCUT2D eigenvalue weighted by atomic mass is 10.1. The van der Waals surface area contributed by atoms with Gasteiger partial charge in [0.1, 0.15) is 17.6 Å². The lowest BCUT2D eigenvalue weighted by molar-refractivity contribution is 0.152. The van der Waals surface area contributed by atoms with Crippen LogP contribution in [-0.4, -0.2) is 6.04 Å². The van der Waals surface area contributed by atoms with Crippen LogP contribution < -0.4 is 10.5 Å².